The van der Waals surface area contributed by atoms with Crippen molar-refractivity contribution in [1.82, 2.24) is 0 Å². The zero-order valence-corrected chi connectivity index (χ0v) is 5.11. The molecule has 0 fully saturated rings. The second-order valence-corrected chi connectivity index (χ2v) is 1.56. The van der Waals surface area contributed by atoms with E-state index in [1.165, 1.54) is 0 Å². The van der Waals surface area contributed by atoms with Crippen LogP contribution in [0.1, 0.15) is 0 Å². The third-order valence-electron chi connectivity index (χ3n) is 0.768. The lowest BCUT2D eigenvalue weighted by atomic mass is 10.4. The molecule has 0 heterocycles. The van der Waals surface area contributed by atoms with Crippen LogP contribution in [0, 0.1) is 0 Å². The fraction of sp³-hybridized carbons (Fsp3) is 1.00. The van der Waals surface area contributed by atoms with E-state index in [0.29, 0.717) is 12.4 Å². The van der Waals surface area contributed by atoms with E-state index in [1.54, 1.807) is 7.11 Å². The number of methoxy groups -OCH3 is 1. The highest BCUT2D eigenvalue weighted by Gasteiger charge is 1.98. The van der Waals surface area contributed by atoms with Crippen molar-refractivity contribution in [3.63, 3.8) is 0 Å². The standard InChI is InChI=1S/C4H10ClNO/c1-7-4(2-5)3-6/h4H,2-3,6H2,1H3. The number of rotatable bonds is 3. The Morgan fingerprint density at radius 2 is 2.43 bits per heavy atom. The van der Waals surface area contributed by atoms with Gasteiger partial charge in [0.1, 0.15) is 0 Å². The Morgan fingerprint density at radius 3 is 2.43 bits per heavy atom. The van der Waals surface area contributed by atoms with Crippen molar-refractivity contribution in [1.29, 1.82) is 0 Å². The number of hydrogen-bond acceptors (Lipinski definition) is 2. The quantitative estimate of drug-likeness (QED) is 0.545. The van der Waals surface area contributed by atoms with Crippen molar-refractivity contribution in [3.05, 3.63) is 0 Å². The van der Waals surface area contributed by atoms with E-state index in [9.17, 15) is 0 Å². The Bertz CT molecular complexity index is 33.2. The molecule has 0 aromatic heterocycles. The summed E-state index contributed by atoms with van der Waals surface area (Å²) >= 11 is 5.36. The minimum atomic E-state index is 0.0293. The Balaban J connectivity index is 2.99. The smallest absolute Gasteiger partial charge is 0.0828 e. The van der Waals surface area contributed by atoms with Gasteiger partial charge in [-0.2, -0.15) is 0 Å². The van der Waals surface area contributed by atoms with Crippen LogP contribution in [0.25, 0.3) is 0 Å². The second-order valence-electron chi connectivity index (χ2n) is 1.25. The van der Waals surface area contributed by atoms with Gasteiger partial charge >= 0.3 is 0 Å². The molecule has 0 spiro atoms. The fourth-order valence-electron chi connectivity index (χ4n) is 0.222. The summed E-state index contributed by atoms with van der Waals surface area (Å²) in [5.41, 5.74) is 5.18. The van der Waals surface area contributed by atoms with E-state index in [2.05, 4.69) is 0 Å². The molecule has 0 aromatic carbocycles. The van der Waals surface area contributed by atoms with Crippen molar-refractivity contribution in [3.8, 4) is 0 Å². The van der Waals surface area contributed by atoms with E-state index in [0.717, 1.165) is 0 Å². The molecule has 1 unspecified atom stereocenters. The predicted molar refractivity (Wildman–Crippen MR) is 30.6 cm³/mol. The van der Waals surface area contributed by atoms with Crippen LogP contribution >= 0.6 is 11.6 Å². The lowest BCUT2D eigenvalue weighted by molar-refractivity contribution is 0.128. The highest BCUT2D eigenvalue weighted by Crippen LogP contribution is 1.87. The molecule has 3 heteroatoms. The summed E-state index contributed by atoms with van der Waals surface area (Å²) in [7, 11) is 1.60. The lowest BCUT2D eigenvalue weighted by Crippen LogP contribution is -2.23. The fourth-order valence-corrected chi connectivity index (χ4v) is 0.474. The summed E-state index contributed by atoms with van der Waals surface area (Å²) in [4.78, 5) is 0. The van der Waals surface area contributed by atoms with Gasteiger partial charge in [0.05, 0.1) is 6.10 Å². The molecule has 0 aliphatic rings. The van der Waals surface area contributed by atoms with Crippen molar-refractivity contribution in [2.24, 2.45) is 5.73 Å². The number of hydrogen-bond donors (Lipinski definition) is 1. The molecule has 0 radical (unpaired) electrons. The number of ether oxygens (including phenoxy) is 1. The molecule has 0 amide bonds. The first-order valence-corrected chi connectivity index (χ1v) is 2.67. The first-order chi connectivity index (χ1) is 3.35. The first-order valence-electron chi connectivity index (χ1n) is 2.14. The summed E-state index contributed by atoms with van der Waals surface area (Å²) < 4.78 is 4.79. The van der Waals surface area contributed by atoms with E-state index in [-0.39, 0.29) is 6.10 Å². The van der Waals surface area contributed by atoms with E-state index in [4.69, 9.17) is 22.1 Å². The van der Waals surface area contributed by atoms with Gasteiger partial charge in [-0.1, -0.05) is 0 Å². The van der Waals surface area contributed by atoms with Gasteiger partial charge in [-0.05, 0) is 0 Å². The monoisotopic (exact) mass is 123 g/mol. The SMILES string of the molecule is COC(CN)CCl. The van der Waals surface area contributed by atoms with Gasteiger partial charge in [0.2, 0.25) is 0 Å². The summed E-state index contributed by atoms with van der Waals surface area (Å²) in [5, 5.41) is 0. The molecule has 2 N–H and O–H groups in total. The zero-order chi connectivity index (χ0) is 5.70. The summed E-state index contributed by atoms with van der Waals surface area (Å²) in [6.07, 6.45) is 0.0293. The van der Waals surface area contributed by atoms with Crippen LogP contribution in [0.15, 0.2) is 0 Å². The molecule has 0 aliphatic carbocycles. The van der Waals surface area contributed by atoms with E-state index in [1.807, 2.05) is 0 Å². The first kappa shape index (κ1) is 7.21. The maximum atomic E-state index is 5.36. The summed E-state index contributed by atoms with van der Waals surface area (Å²) in [5.74, 6) is 0.479. The zero-order valence-electron chi connectivity index (χ0n) is 4.36. The molecule has 1 atom stereocenters. The average molecular weight is 124 g/mol. The van der Waals surface area contributed by atoms with Crippen LogP contribution in [0.5, 0.6) is 0 Å². The Labute approximate surface area is 48.6 Å². The Kier molecular flexibility index (Phi) is 4.50. The van der Waals surface area contributed by atoms with Crippen LogP contribution in [-0.4, -0.2) is 25.6 Å². The third-order valence-corrected chi connectivity index (χ3v) is 1.11. The van der Waals surface area contributed by atoms with Crippen LogP contribution in [0.2, 0.25) is 0 Å². The largest absolute Gasteiger partial charge is 0.379 e. The normalized spacial score (nSPS) is 14.1. The van der Waals surface area contributed by atoms with Crippen LogP contribution < -0.4 is 5.73 Å². The van der Waals surface area contributed by atoms with Gasteiger partial charge in [-0.15, -0.1) is 11.6 Å². The van der Waals surface area contributed by atoms with Crippen LogP contribution in [0.3, 0.4) is 0 Å². The van der Waals surface area contributed by atoms with Crippen LogP contribution in [0.4, 0.5) is 0 Å². The van der Waals surface area contributed by atoms with Crippen molar-refractivity contribution < 1.29 is 4.74 Å². The molecule has 2 nitrogen and oxygen atoms in total. The highest BCUT2D eigenvalue weighted by molar-refractivity contribution is 6.18. The third kappa shape index (κ3) is 2.85. The summed E-state index contributed by atoms with van der Waals surface area (Å²) in [6.45, 7) is 0.500. The summed E-state index contributed by atoms with van der Waals surface area (Å²) in [6, 6.07) is 0. The molecule has 44 valence electrons. The molecule has 0 saturated carbocycles. The molecular formula is C4H10ClNO. The van der Waals surface area contributed by atoms with Crippen molar-refractivity contribution in [2.45, 2.75) is 6.10 Å². The van der Waals surface area contributed by atoms with Gasteiger partial charge in [0.25, 0.3) is 0 Å². The highest BCUT2D eigenvalue weighted by atomic mass is 35.5. The molecule has 0 aliphatic heterocycles. The number of halogens is 1. The Morgan fingerprint density at radius 1 is 1.86 bits per heavy atom. The van der Waals surface area contributed by atoms with Gasteiger partial charge < -0.3 is 10.5 Å². The minimum absolute atomic E-state index is 0.0293. The topological polar surface area (TPSA) is 35.2 Å². The molecule has 0 saturated heterocycles. The predicted octanol–water partition coefficient (Wildman–Crippen LogP) is 0.199. The van der Waals surface area contributed by atoms with Crippen molar-refractivity contribution in [2.75, 3.05) is 19.5 Å². The van der Waals surface area contributed by atoms with Gasteiger partial charge in [-0.3, -0.25) is 0 Å². The Hall–Kier alpha value is 0.210. The minimum Gasteiger partial charge on any atom is -0.379 e. The maximum Gasteiger partial charge on any atom is 0.0828 e. The molecule has 0 rings (SSSR count). The number of nitrogens with two attached hydrogens (primary N) is 1. The van der Waals surface area contributed by atoms with E-state index >= 15 is 0 Å². The van der Waals surface area contributed by atoms with Crippen LogP contribution in [-0.2, 0) is 4.74 Å². The van der Waals surface area contributed by atoms with Gasteiger partial charge in [0, 0.05) is 19.5 Å². The molecular weight excluding hydrogens is 114 g/mol. The van der Waals surface area contributed by atoms with E-state index < -0.39 is 0 Å². The average Bonchev–Trinajstić information content (AvgIpc) is 1.72. The molecule has 0 aromatic rings. The van der Waals surface area contributed by atoms with Crippen molar-refractivity contribution >= 4 is 11.6 Å². The lowest BCUT2D eigenvalue weighted by Gasteiger charge is -2.05. The van der Waals surface area contributed by atoms with Gasteiger partial charge in [-0.25, -0.2) is 0 Å². The molecule has 0 bridgehead atoms. The van der Waals surface area contributed by atoms with Gasteiger partial charge in [0.15, 0.2) is 0 Å². The maximum absolute atomic E-state index is 5.36. The number of alkyl halides is 1. The second kappa shape index (κ2) is 4.37. The molecule has 7 heavy (non-hydrogen) atoms.